The number of rotatable bonds is 7. The Kier molecular flexibility index (Phi) is 6.89. The third-order valence-electron chi connectivity index (χ3n) is 4.75. The second-order valence-electron chi connectivity index (χ2n) is 6.92. The molecule has 0 radical (unpaired) electrons. The highest BCUT2D eigenvalue weighted by molar-refractivity contribution is 9.10. The molecule has 0 fully saturated rings. The predicted octanol–water partition coefficient (Wildman–Crippen LogP) is 6.42. The second-order valence-corrected chi connectivity index (χ2v) is 7.78. The summed E-state index contributed by atoms with van der Waals surface area (Å²) in [6.45, 7) is 6.62. The van der Waals surface area contributed by atoms with E-state index in [1.807, 2.05) is 90.7 Å². The maximum absolute atomic E-state index is 13.7. The molecule has 0 saturated heterocycles. The van der Waals surface area contributed by atoms with Gasteiger partial charge < -0.3 is 9.64 Å². The molecule has 0 aliphatic heterocycles. The Morgan fingerprint density at radius 1 is 1.03 bits per heavy atom. The van der Waals surface area contributed by atoms with Crippen LogP contribution in [-0.4, -0.2) is 17.9 Å². The number of methoxy groups -OCH3 is 1. The number of halogens is 1. The molecule has 0 unspecified atom stereocenters. The molecule has 0 heterocycles. The molecule has 0 saturated carbocycles. The van der Waals surface area contributed by atoms with Crippen LogP contribution in [0.5, 0.6) is 5.75 Å². The van der Waals surface area contributed by atoms with E-state index in [1.54, 1.807) is 7.11 Å². The van der Waals surface area contributed by atoms with Crippen molar-refractivity contribution in [3.8, 4) is 5.75 Å². The molecule has 3 aromatic carbocycles. The van der Waals surface area contributed by atoms with Gasteiger partial charge in [-0.3, -0.25) is 4.79 Å². The number of amides is 1. The number of hydrogen-bond donors (Lipinski definition) is 0. The maximum Gasteiger partial charge on any atom is 0.256 e. The van der Waals surface area contributed by atoms with Crippen molar-refractivity contribution in [2.24, 2.45) is 0 Å². The summed E-state index contributed by atoms with van der Waals surface area (Å²) in [6.07, 6.45) is 0. The van der Waals surface area contributed by atoms with E-state index in [0.29, 0.717) is 12.1 Å². The standard InChI is InChI=1S/C25H24BrNO2/c1-18(2)24(20-12-9-13-21(16-20)29-3)27(17-19-10-5-4-6-11-19)25(28)22-14-7-8-15-23(22)26/h4-16,24H,1,17H2,2-3H3/t24-/m0/s1. The molecule has 1 atom stereocenters. The average Bonchev–Trinajstić information content (AvgIpc) is 2.74. The highest BCUT2D eigenvalue weighted by Gasteiger charge is 2.28. The van der Waals surface area contributed by atoms with E-state index in [9.17, 15) is 4.79 Å². The third-order valence-corrected chi connectivity index (χ3v) is 5.44. The largest absolute Gasteiger partial charge is 0.497 e. The molecule has 4 heteroatoms. The first-order valence-corrected chi connectivity index (χ1v) is 10.2. The molecule has 3 nitrogen and oxygen atoms in total. The fourth-order valence-electron chi connectivity index (χ4n) is 3.39. The van der Waals surface area contributed by atoms with Crippen molar-refractivity contribution in [2.75, 3.05) is 7.11 Å². The van der Waals surface area contributed by atoms with Gasteiger partial charge in [-0.1, -0.05) is 66.7 Å². The van der Waals surface area contributed by atoms with Crippen molar-refractivity contribution in [3.05, 3.63) is 112 Å². The Bertz CT molecular complexity index is 1000. The van der Waals surface area contributed by atoms with E-state index in [0.717, 1.165) is 26.9 Å². The van der Waals surface area contributed by atoms with Gasteiger partial charge in [0, 0.05) is 11.0 Å². The fraction of sp³-hybridized carbons (Fsp3) is 0.160. The second kappa shape index (κ2) is 9.57. The van der Waals surface area contributed by atoms with Crippen LogP contribution in [0.15, 0.2) is 95.5 Å². The van der Waals surface area contributed by atoms with Crippen molar-refractivity contribution in [1.82, 2.24) is 4.90 Å². The lowest BCUT2D eigenvalue weighted by atomic mass is 9.97. The first kappa shape index (κ1) is 20.9. The molecule has 0 N–H and O–H groups in total. The number of hydrogen-bond acceptors (Lipinski definition) is 2. The number of carbonyl (C=O) groups excluding carboxylic acids is 1. The van der Waals surface area contributed by atoms with Crippen molar-refractivity contribution in [3.63, 3.8) is 0 Å². The number of nitrogens with zero attached hydrogens (tertiary/aromatic N) is 1. The fourth-order valence-corrected chi connectivity index (χ4v) is 3.85. The van der Waals surface area contributed by atoms with Crippen molar-refractivity contribution >= 4 is 21.8 Å². The van der Waals surface area contributed by atoms with Gasteiger partial charge in [0.2, 0.25) is 0 Å². The highest BCUT2D eigenvalue weighted by atomic mass is 79.9. The SMILES string of the molecule is C=C(C)[C@@H](c1cccc(OC)c1)N(Cc1ccccc1)C(=O)c1ccccc1Br. The zero-order valence-electron chi connectivity index (χ0n) is 16.6. The van der Waals surface area contributed by atoms with Gasteiger partial charge in [-0.25, -0.2) is 0 Å². The van der Waals surface area contributed by atoms with E-state index in [-0.39, 0.29) is 11.9 Å². The van der Waals surface area contributed by atoms with Crippen LogP contribution in [0.1, 0.15) is 34.5 Å². The minimum absolute atomic E-state index is 0.0582. The summed E-state index contributed by atoms with van der Waals surface area (Å²) in [6, 6.07) is 25.0. The lowest BCUT2D eigenvalue weighted by Crippen LogP contribution is -2.35. The van der Waals surface area contributed by atoms with Crippen molar-refractivity contribution in [1.29, 1.82) is 0 Å². The van der Waals surface area contributed by atoms with Gasteiger partial charge in [0.15, 0.2) is 0 Å². The van der Waals surface area contributed by atoms with Gasteiger partial charge in [-0.2, -0.15) is 0 Å². The van der Waals surface area contributed by atoms with Gasteiger partial charge in [-0.05, 0) is 58.2 Å². The Morgan fingerprint density at radius 3 is 2.38 bits per heavy atom. The monoisotopic (exact) mass is 449 g/mol. The van der Waals surface area contributed by atoms with Crippen LogP contribution in [0, 0.1) is 0 Å². The van der Waals surface area contributed by atoms with Crippen molar-refractivity contribution < 1.29 is 9.53 Å². The Hall–Kier alpha value is -2.85. The lowest BCUT2D eigenvalue weighted by molar-refractivity contribution is 0.0686. The summed E-state index contributed by atoms with van der Waals surface area (Å²) in [4.78, 5) is 15.5. The molecule has 3 aromatic rings. The quantitative estimate of drug-likeness (QED) is 0.389. The molecule has 0 aliphatic carbocycles. The Morgan fingerprint density at radius 2 is 1.72 bits per heavy atom. The number of ether oxygens (including phenoxy) is 1. The van der Waals surface area contributed by atoms with Gasteiger partial charge >= 0.3 is 0 Å². The first-order chi connectivity index (χ1) is 14.0. The van der Waals surface area contributed by atoms with E-state index < -0.39 is 0 Å². The third kappa shape index (κ3) is 4.96. The van der Waals surface area contributed by atoms with Gasteiger partial charge in [0.1, 0.15) is 5.75 Å². The summed E-state index contributed by atoms with van der Waals surface area (Å²) in [7, 11) is 1.64. The Labute approximate surface area is 180 Å². The molecule has 0 spiro atoms. The maximum atomic E-state index is 13.7. The first-order valence-electron chi connectivity index (χ1n) is 9.40. The molecule has 3 rings (SSSR count). The molecule has 0 bridgehead atoms. The minimum atomic E-state index is -0.287. The minimum Gasteiger partial charge on any atom is -0.497 e. The summed E-state index contributed by atoms with van der Waals surface area (Å²) < 4.78 is 6.18. The molecule has 29 heavy (non-hydrogen) atoms. The van der Waals surface area contributed by atoms with Crippen LogP contribution < -0.4 is 4.74 Å². The van der Waals surface area contributed by atoms with E-state index in [2.05, 4.69) is 22.5 Å². The van der Waals surface area contributed by atoms with Gasteiger partial charge in [0.05, 0.1) is 18.7 Å². The normalized spacial score (nSPS) is 11.6. The number of carbonyl (C=O) groups is 1. The van der Waals surface area contributed by atoms with Gasteiger partial charge in [-0.15, -0.1) is 0 Å². The smallest absolute Gasteiger partial charge is 0.256 e. The summed E-state index contributed by atoms with van der Waals surface area (Å²) >= 11 is 3.53. The van der Waals surface area contributed by atoms with Crippen molar-refractivity contribution in [2.45, 2.75) is 19.5 Å². The van der Waals surface area contributed by atoms with E-state index in [1.165, 1.54) is 0 Å². The Balaban J connectivity index is 2.09. The van der Waals surface area contributed by atoms with Crippen LogP contribution in [0.25, 0.3) is 0 Å². The van der Waals surface area contributed by atoms with Crippen LogP contribution >= 0.6 is 15.9 Å². The molecule has 0 aromatic heterocycles. The van der Waals surface area contributed by atoms with Gasteiger partial charge in [0.25, 0.3) is 5.91 Å². The molecule has 0 aliphatic rings. The number of benzene rings is 3. The summed E-state index contributed by atoms with van der Waals surface area (Å²) in [5.41, 5.74) is 3.53. The lowest BCUT2D eigenvalue weighted by Gasteiger charge is -2.33. The van der Waals surface area contributed by atoms with Crippen LogP contribution in [-0.2, 0) is 6.54 Å². The average molecular weight is 450 g/mol. The molecular weight excluding hydrogens is 426 g/mol. The molecule has 148 valence electrons. The highest BCUT2D eigenvalue weighted by Crippen LogP contribution is 2.33. The van der Waals surface area contributed by atoms with Crippen LogP contribution in [0.4, 0.5) is 0 Å². The topological polar surface area (TPSA) is 29.5 Å². The zero-order chi connectivity index (χ0) is 20.8. The molecule has 1 amide bonds. The van der Waals surface area contributed by atoms with Crippen LogP contribution in [0.3, 0.4) is 0 Å². The molecular formula is C25H24BrNO2. The summed E-state index contributed by atoms with van der Waals surface area (Å²) in [5.74, 6) is 0.693. The summed E-state index contributed by atoms with van der Waals surface area (Å²) in [5, 5.41) is 0. The zero-order valence-corrected chi connectivity index (χ0v) is 18.2. The van der Waals surface area contributed by atoms with E-state index in [4.69, 9.17) is 4.74 Å². The predicted molar refractivity (Wildman–Crippen MR) is 121 cm³/mol. The van der Waals surface area contributed by atoms with E-state index >= 15 is 0 Å². The van der Waals surface area contributed by atoms with Crippen LogP contribution in [0.2, 0.25) is 0 Å².